The molecule has 31 heavy (non-hydrogen) atoms. The lowest BCUT2D eigenvalue weighted by atomic mass is 9.96. The fraction of sp³-hybridized carbons (Fsp3) is 0.696. The maximum Gasteiger partial charge on any atom is 0.407 e. The topological polar surface area (TPSA) is 87.5 Å². The second-order valence-corrected chi connectivity index (χ2v) is 9.13. The summed E-state index contributed by atoms with van der Waals surface area (Å²) in [6.07, 6.45) is 4.93. The third kappa shape index (κ3) is 5.36. The summed E-state index contributed by atoms with van der Waals surface area (Å²) in [4.78, 5) is 21.6. The molecular weight excluding hydrogens is 396 g/mol. The van der Waals surface area contributed by atoms with E-state index in [-0.39, 0.29) is 5.54 Å². The van der Waals surface area contributed by atoms with Crippen LogP contribution < -0.4 is 5.32 Å². The number of alkyl carbamates (subject to hydrolysis) is 1. The molecule has 1 aliphatic rings. The number of nitrogens with zero attached hydrogens (tertiary/aromatic N) is 3. The summed E-state index contributed by atoms with van der Waals surface area (Å²) in [5, 5.41) is 3.95. The van der Waals surface area contributed by atoms with Crippen molar-refractivity contribution in [2.45, 2.75) is 84.7 Å². The second kappa shape index (κ2) is 9.53. The average molecular weight is 433 g/mol. The molecule has 2 aromatic rings. The van der Waals surface area contributed by atoms with Gasteiger partial charge in [0, 0.05) is 31.3 Å². The van der Waals surface area contributed by atoms with Crippen LogP contribution in [0.4, 0.5) is 4.79 Å². The third-order valence-corrected chi connectivity index (χ3v) is 5.54. The van der Waals surface area contributed by atoms with Crippen LogP contribution in [0.15, 0.2) is 12.3 Å². The number of carbonyl (C=O) groups excluding carboxylic acids is 1. The Hall–Kier alpha value is -2.19. The zero-order chi connectivity index (χ0) is 22.6. The Morgan fingerprint density at radius 1 is 1.23 bits per heavy atom. The SMILES string of the molecule is CCOC(OCC)c1cc2cnc(C)nc2n1C1(CNC(=O)OC(C)(C)C)CCCC1. The van der Waals surface area contributed by atoms with E-state index in [1.807, 2.05) is 47.7 Å². The molecule has 2 heterocycles. The van der Waals surface area contributed by atoms with E-state index in [0.717, 1.165) is 42.4 Å². The minimum absolute atomic E-state index is 0.332. The van der Waals surface area contributed by atoms with Crippen molar-refractivity contribution >= 4 is 17.1 Å². The fourth-order valence-corrected chi connectivity index (χ4v) is 4.35. The van der Waals surface area contributed by atoms with Gasteiger partial charge in [0.25, 0.3) is 0 Å². The Morgan fingerprint density at radius 2 is 1.87 bits per heavy atom. The highest BCUT2D eigenvalue weighted by atomic mass is 16.7. The Balaban J connectivity index is 2.06. The number of rotatable bonds is 8. The summed E-state index contributed by atoms with van der Waals surface area (Å²) >= 11 is 0. The highest BCUT2D eigenvalue weighted by Gasteiger charge is 2.40. The molecule has 3 rings (SSSR count). The standard InChI is InChI=1S/C23H36N4O4/c1-7-29-20(30-8-2)18-13-17-14-24-16(3)26-19(17)27(18)23(11-9-10-12-23)15-25-21(28)31-22(4,5)6/h13-14,20H,7-12,15H2,1-6H3,(H,25,28). The lowest BCUT2D eigenvalue weighted by Gasteiger charge is -2.35. The van der Waals surface area contributed by atoms with Crippen molar-refractivity contribution < 1.29 is 19.0 Å². The smallest absolute Gasteiger partial charge is 0.407 e. The van der Waals surface area contributed by atoms with Gasteiger partial charge in [-0.2, -0.15) is 0 Å². The zero-order valence-electron chi connectivity index (χ0n) is 19.7. The number of carbonyl (C=O) groups is 1. The van der Waals surface area contributed by atoms with Crippen LogP contribution in [0.1, 0.15) is 78.1 Å². The number of hydrogen-bond acceptors (Lipinski definition) is 6. The van der Waals surface area contributed by atoms with Crippen LogP contribution in [-0.4, -0.2) is 46.0 Å². The van der Waals surface area contributed by atoms with Crippen LogP contribution in [0, 0.1) is 6.92 Å². The molecule has 1 N–H and O–H groups in total. The molecule has 1 aliphatic carbocycles. The Labute approximate surface area is 184 Å². The number of ether oxygens (including phenoxy) is 3. The minimum atomic E-state index is -0.544. The van der Waals surface area contributed by atoms with Crippen LogP contribution >= 0.6 is 0 Å². The van der Waals surface area contributed by atoms with E-state index in [9.17, 15) is 4.79 Å². The second-order valence-electron chi connectivity index (χ2n) is 9.13. The minimum Gasteiger partial charge on any atom is -0.444 e. The summed E-state index contributed by atoms with van der Waals surface area (Å²) in [6, 6.07) is 2.05. The largest absolute Gasteiger partial charge is 0.444 e. The van der Waals surface area contributed by atoms with Crippen LogP contribution in [-0.2, 0) is 19.7 Å². The van der Waals surface area contributed by atoms with E-state index in [4.69, 9.17) is 19.2 Å². The molecule has 1 saturated carbocycles. The van der Waals surface area contributed by atoms with Gasteiger partial charge in [-0.25, -0.2) is 14.8 Å². The van der Waals surface area contributed by atoms with Gasteiger partial charge in [0.1, 0.15) is 17.1 Å². The molecule has 0 saturated heterocycles. The third-order valence-electron chi connectivity index (χ3n) is 5.54. The van der Waals surface area contributed by atoms with E-state index < -0.39 is 18.0 Å². The first-order chi connectivity index (χ1) is 14.7. The number of hydrogen-bond donors (Lipinski definition) is 1. The molecule has 0 unspecified atom stereocenters. The Morgan fingerprint density at radius 3 is 2.45 bits per heavy atom. The Bertz CT molecular complexity index is 891. The van der Waals surface area contributed by atoms with Crippen LogP contribution in [0.2, 0.25) is 0 Å². The molecule has 0 bridgehead atoms. The molecule has 0 aromatic carbocycles. The summed E-state index contributed by atoms with van der Waals surface area (Å²) < 4.78 is 19.6. The van der Waals surface area contributed by atoms with Gasteiger partial charge in [-0.05, 0) is 60.5 Å². The molecule has 172 valence electrons. The number of nitrogens with one attached hydrogen (secondary N) is 1. The van der Waals surface area contributed by atoms with Gasteiger partial charge in [-0.3, -0.25) is 0 Å². The molecule has 8 nitrogen and oxygen atoms in total. The van der Waals surface area contributed by atoms with Gasteiger partial charge >= 0.3 is 6.09 Å². The summed E-state index contributed by atoms with van der Waals surface area (Å²) in [7, 11) is 0. The lowest BCUT2D eigenvalue weighted by molar-refractivity contribution is -0.145. The van der Waals surface area contributed by atoms with E-state index in [0.29, 0.717) is 25.6 Å². The predicted octanol–water partition coefficient (Wildman–Crippen LogP) is 4.61. The number of fused-ring (bicyclic) bond motifs is 1. The molecule has 8 heteroatoms. The van der Waals surface area contributed by atoms with Crippen molar-refractivity contribution in [1.82, 2.24) is 19.9 Å². The van der Waals surface area contributed by atoms with E-state index >= 15 is 0 Å². The van der Waals surface area contributed by atoms with Gasteiger partial charge < -0.3 is 24.1 Å². The number of aryl methyl sites for hydroxylation is 1. The normalized spacial score (nSPS) is 16.2. The summed E-state index contributed by atoms with van der Waals surface area (Å²) in [6.45, 7) is 12.9. The first-order valence-corrected chi connectivity index (χ1v) is 11.2. The lowest BCUT2D eigenvalue weighted by Crippen LogP contribution is -2.45. The first-order valence-electron chi connectivity index (χ1n) is 11.2. The number of aromatic nitrogens is 3. The molecule has 0 aliphatic heterocycles. The molecule has 1 amide bonds. The molecule has 1 fully saturated rings. The van der Waals surface area contributed by atoms with Crippen molar-refractivity contribution in [3.63, 3.8) is 0 Å². The quantitative estimate of drug-likeness (QED) is 0.613. The van der Waals surface area contributed by atoms with E-state index in [1.54, 1.807) is 0 Å². The van der Waals surface area contributed by atoms with Gasteiger partial charge in [0.15, 0.2) is 6.29 Å². The fourth-order valence-electron chi connectivity index (χ4n) is 4.35. The molecular formula is C23H36N4O4. The highest BCUT2D eigenvalue weighted by Crippen LogP contribution is 2.42. The van der Waals surface area contributed by atoms with Gasteiger partial charge in [-0.1, -0.05) is 12.8 Å². The highest BCUT2D eigenvalue weighted by molar-refractivity contribution is 5.77. The van der Waals surface area contributed by atoms with Crippen molar-refractivity contribution in [1.29, 1.82) is 0 Å². The summed E-state index contributed by atoms with van der Waals surface area (Å²) in [5.74, 6) is 0.705. The Kier molecular flexibility index (Phi) is 7.21. The van der Waals surface area contributed by atoms with Crippen molar-refractivity contribution in [3.8, 4) is 0 Å². The molecule has 0 spiro atoms. The van der Waals surface area contributed by atoms with Crippen LogP contribution in [0.25, 0.3) is 11.0 Å². The van der Waals surface area contributed by atoms with Gasteiger partial charge in [0.05, 0.1) is 11.2 Å². The van der Waals surface area contributed by atoms with E-state index in [2.05, 4.69) is 20.9 Å². The first kappa shape index (κ1) is 23.5. The van der Waals surface area contributed by atoms with Gasteiger partial charge in [0.2, 0.25) is 0 Å². The van der Waals surface area contributed by atoms with Crippen molar-refractivity contribution in [3.05, 3.63) is 23.8 Å². The maximum absolute atomic E-state index is 12.5. The molecule has 0 radical (unpaired) electrons. The molecule has 2 aromatic heterocycles. The van der Waals surface area contributed by atoms with E-state index in [1.165, 1.54) is 0 Å². The zero-order valence-corrected chi connectivity index (χ0v) is 19.7. The molecule has 0 atom stereocenters. The average Bonchev–Trinajstić information content (AvgIpc) is 3.30. The van der Waals surface area contributed by atoms with Crippen molar-refractivity contribution in [2.75, 3.05) is 19.8 Å². The van der Waals surface area contributed by atoms with Crippen molar-refractivity contribution in [2.24, 2.45) is 0 Å². The van der Waals surface area contributed by atoms with Crippen LogP contribution in [0.5, 0.6) is 0 Å². The van der Waals surface area contributed by atoms with Gasteiger partial charge in [-0.15, -0.1) is 0 Å². The van der Waals surface area contributed by atoms with Crippen LogP contribution in [0.3, 0.4) is 0 Å². The maximum atomic E-state index is 12.5. The monoisotopic (exact) mass is 432 g/mol. The predicted molar refractivity (Wildman–Crippen MR) is 119 cm³/mol. The summed E-state index contributed by atoms with van der Waals surface area (Å²) in [5.41, 5.74) is 0.880. The number of amides is 1.